The number of carboxylic acid groups (broad SMARTS) is 2. The van der Waals surface area contributed by atoms with Crippen LogP contribution in [-0.2, 0) is 89.8 Å². The van der Waals surface area contributed by atoms with Crippen LogP contribution in [-0.4, -0.2) is 207 Å². The number of para-hydroxylation sites is 1. The van der Waals surface area contributed by atoms with Crippen molar-refractivity contribution in [1.29, 1.82) is 0 Å². The molecular weight excluding hydrogens is 1350 g/mol. The number of aliphatic carboxylic acids is 2. The van der Waals surface area contributed by atoms with E-state index in [1.807, 2.05) is 50.2 Å². The number of likely N-dealkylation sites (tertiary alicyclic amines) is 1. The number of nitrogens with one attached hydrogen (secondary N) is 11. The lowest BCUT2D eigenvalue weighted by Crippen LogP contribution is -2.61. The number of hydrogen-bond donors (Lipinski definition) is 17. The smallest absolute Gasteiger partial charge is 0.300 e. The molecule has 3 aromatic heterocycles. The topological polar surface area (TPSA) is 524 Å². The third-order valence-corrected chi connectivity index (χ3v) is 16.5. The van der Waals surface area contributed by atoms with E-state index in [4.69, 9.17) is 31.3 Å². The van der Waals surface area contributed by atoms with Crippen molar-refractivity contribution in [3.63, 3.8) is 0 Å². The number of nitrogens with zero attached hydrogens (tertiary/aromatic N) is 5. The molecule has 2 fully saturated rings. The minimum Gasteiger partial charge on any atom is -0.508 e. The van der Waals surface area contributed by atoms with Crippen molar-refractivity contribution < 1.29 is 78.0 Å². The van der Waals surface area contributed by atoms with E-state index >= 15 is 9.59 Å². The molecule has 9 atom stereocenters. The van der Waals surface area contributed by atoms with Gasteiger partial charge in [0, 0.05) is 107 Å². The fourth-order valence-corrected chi connectivity index (χ4v) is 11.6. The van der Waals surface area contributed by atoms with Crippen LogP contribution in [0.3, 0.4) is 0 Å². The zero-order valence-electron chi connectivity index (χ0n) is 58.6. The van der Waals surface area contributed by atoms with Gasteiger partial charge in [-0.15, -0.1) is 0 Å². The summed E-state index contributed by atoms with van der Waals surface area (Å²) >= 11 is 0. The fourth-order valence-electron chi connectivity index (χ4n) is 11.6. The predicted molar refractivity (Wildman–Crippen MR) is 379 cm³/mol. The van der Waals surface area contributed by atoms with E-state index in [-0.39, 0.29) is 100 Å². The molecule has 0 spiro atoms. The number of carbonyl (C=O) groups excluding carboxylic acids is 10. The normalized spacial score (nSPS) is 15.8. The second-order valence-corrected chi connectivity index (χ2v) is 25.4. The number of aromatic hydroxyl groups is 1. The molecular formula is C70H94N18O16. The van der Waals surface area contributed by atoms with E-state index in [0.29, 0.717) is 59.3 Å². The van der Waals surface area contributed by atoms with Gasteiger partial charge in [-0.3, -0.25) is 62.5 Å². The quantitative estimate of drug-likeness (QED) is 0.0133. The molecule has 0 radical (unpaired) electrons. The maximum atomic E-state index is 15.1. The number of amides is 10. The van der Waals surface area contributed by atoms with Gasteiger partial charge in [0.1, 0.15) is 60.1 Å². The summed E-state index contributed by atoms with van der Waals surface area (Å²) in [5, 5.41) is 61.1. The lowest BCUT2D eigenvalue weighted by molar-refractivity contribution is -0.142. The molecule has 0 aliphatic carbocycles. The number of aliphatic imine (C=N–C) groups is 1. The van der Waals surface area contributed by atoms with E-state index in [2.05, 4.69) is 72.8 Å². The summed E-state index contributed by atoms with van der Waals surface area (Å²) in [6.07, 6.45) is 8.49. The van der Waals surface area contributed by atoms with Gasteiger partial charge in [-0.25, -0.2) is 9.97 Å². The summed E-state index contributed by atoms with van der Waals surface area (Å²) in [6, 6.07) is 10.5. The highest BCUT2D eigenvalue weighted by atomic mass is 16.4. The number of aliphatic hydroxyl groups is 1. The van der Waals surface area contributed by atoms with Crippen LogP contribution in [0.2, 0.25) is 0 Å². The van der Waals surface area contributed by atoms with Crippen LogP contribution in [0.4, 0.5) is 0 Å². The van der Waals surface area contributed by atoms with Gasteiger partial charge in [0.2, 0.25) is 59.1 Å². The maximum Gasteiger partial charge on any atom is 0.300 e. The van der Waals surface area contributed by atoms with E-state index in [1.54, 1.807) is 48.4 Å². The summed E-state index contributed by atoms with van der Waals surface area (Å²) in [5.41, 5.74) is 14.6. The first kappa shape index (κ1) is 81.3. The zero-order valence-corrected chi connectivity index (χ0v) is 58.6. The molecule has 0 bridgehead atoms. The monoisotopic (exact) mass is 1440 g/mol. The van der Waals surface area contributed by atoms with Gasteiger partial charge in [-0.1, -0.05) is 74.5 Å². The third kappa shape index (κ3) is 26.3. The second-order valence-electron chi connectivity index (χ2n) is 25.4. The SMILES string of the molecule is CC(=O)O.CC(=O)O.CCNC(=O)[C@@H]1CCCN1C(=O)[C@H](CCCN=C(N)N)NC(=O)[C@H](CC(C)C)NC(=O)[C@@H](Cc1cn(Cc2ccccc2)cn1)NC(=O)[C@H](Cc1ccc(O)cc1)NC(=O)[C@H](CO)NC(=O)[C@H](Cc1c[nH]c2ccccc12)NC(=O)[C@H](Cc1cnc[nH]1)NC(=O)[C@@H]1CCC(=O)N1. The van der Waals surface area contributed by atoms with Gasteiger partial charge in [0.05, 0.1) is 25.0 Å². The van der Waals surface area contributed by atoms with Crippen LogP contribution in [0.1, 0.15) is 108 Å². The van der Waals surface area contributed by atoms with Crippen molar-refractivity contribution in [2.45, 2.75) is 166 Å². The van der Waals surface area contributed by atoms with Crippen LogP contribution in [0.5, 0.6) is 5.75 Å². The number of hydrogen-bond acceptors (Lipinski definition) is 17. The molecule has 8 rings (SSSR count). The fraction of sp³-hybridized carbons (Fsp3) is 0.443. The van der Waals surface area contributed by atoms with E-state index < -0.39 is 120 Å². The number of nitrogens with two attached hydrogens (primary N) is 2. The van der Waals surface area contributed by atoms with Gasteiger partial charge in [0.25, 0.3) is 11.9 Å². The highest BCUT2D eigenvalue weighted by molar-refractivity contribution is 5.99. The molecule has 0 unspecified atom stereocenters. The molecule has 560 valence electrons. The number of benzene rings is 3. The standard InChI is InChI=1S/C66H86N18O12.2C2H4O2/c1-4-70-64(95)55-17-11-25-84(55)65(96)48(16-10-24-71-66(67)68)76-58(89)49(26-38(2)3)77-62(93)53(30-43-34-83(37-74-43)33-40-12-6-5-7-13-40)81-59(90)50(27-39-18-20-44(86)21-19-39)78-63(94)54(35-85)82-60(91)51(28-41-31-72-46-15-9-8-14-45(41)46)79-61(92)52(29-42-32-69-36-73-42)80-57(88)47-22-23-56(87)75-47;2*1-2(3)4/h5-9,12-15,18-21,31-32,34,36-38,47-55,72,85-86H,4,10-11,16-17,22-30,33,35H2,1-3H3,(H,69,73)(H,70,95)(H,75,87)(H,76,89)(H,77,93)(H,78,94)(H,79,92)(H,80,88)(H,81,90)(H,82,91)(H4,67,68,71);2*1H3,(H,3,4)/t47-,48-,49-,50-,51-,52-,53+,54-,55-;;/m0../s1. The summed E-state index contributed by atoms with van der Waals surface area (Å²) in [6.45, 7) is 7.66. The molecule has 2 aliphatic heterocycles. The van der Waals surface area contributed by atoms with Crippen molar-refractivity contribution in [3.8, 4) is 5.75 Å². The zero-order chi connectivity index (χ0) is 76.0. The van der Waals surface area contributed by atoms with Crippen molar-refractivity contribution in [2.24, 2.45) is 22.4 Å². The Kier molecular flexibility index (Phi) is 31.8. The number of fused-ring (bicyclic) bond motifs is 1. The molecule has 10 amide bonds. The molecule has 34 heteroatoms. The Morgan fingerprint density at radius 2 is 1.25 bits per heavy atom. The largest absolute Gasteiger partial charge is 0.508 e. The van der Waals surface area contributed by atoms with Crippen LogP contribution in [0.15, 0.2) is 115 Å². The predicted octanol–water partition coefficient (Wildman–Crippen LogP) is -0.815. The Morgan fingerprint density at radius 3 is 1.85 bits per heavy atom. The third-order valence-electron chi connectivity index (χ3n) is 16.5. The highest BCUT2D eigenvalue weighted by Crippen LogP contribution is 2.23. The summed E-state index contributed by atoms with van der Waals surface area (Å²) in [5.74, 6) is -9.39. The Balaban J connectivity index is 0.00000201. The number of guanidine groups is 1. The minimum absolute atomic E-state index is 0.0495. The number of likely N-dealkylation sites (N-methyl/N-ethyl adjacent to an activating group) is 1. The number of carboxylic acids is 2. The van der Waals surface area contributed by atoms with Gasteiger partial charge in [0.15, 0.2) is 5.96 Å². The average molecular weight is 1440 g/mol. The number of phenolic OH excluding ortho intramolecular Hbond substituents is 1. The summed E-state index contributed by atoms with van der Waals surface area (Å²) in [7, 11) is 0. The van der Waals surface area contributed by atoms with Gasteiger partial charge < -0.3 is 99.2 Å². The number of phenols is 1. The van der Waals surface area contributed by atoms with Crippen LogP contribution in [0.25, 0.3) is 10.9 Å². The number of aromatic nitrogens is 5. The number of rotatable bonds is 34. The molecule has 0 saturated carbocycles. The molecule has 2 saturated heterocycles. The first-order chi connectivity index (χ1) is 49.6. The number of carbonyl (C=O) groups is 12. The van der Waals surface area contributed by atoms with Crippen molar-refractivity contribution in [3.05, 3.63) is 138 Å². The highest BCUT2D eigenvalue weighted by Gasteiger charge is 2.40. The first-order valence-corrected chi connectivity index (χ1v) is 34.0. The van der Waals surface area contributed by atoms with E-state index in [9.17, 15) is 48.6 Å². The maximum absolute atomic E-state index is 15.1. The first-order valence-electron chi connectivity index (χ1n) is 34.0. The van der Waals surface area contributed by atoms with E-state index in [0.717, 1.165) is 19.4 Å². The van der Waals surface area contributed by atoms with Crippen molar-refractivity contribution >= 4 is 87.9 Å². The van der Waals surface area contributed by atoms with Gasteiger partial charge in [-0.05, 0) is 86.3 Å². The molecule has 2 aliphatic rings. The van der Waals surface area contributed by atoms with Crippen LogP contribution < -0.4 is 59.3 Å². The van der Waals surface area contributed by atoms with Crippen molar-refractivity contribution in [1.82, 2.24) is 77.3 Å². The molecule has 34 nitrogen and oxygen atoms in total. The number of imidazole rings is 2. The Morgan fingerprint density at radius 1 is 0.673 bits per heavy atom. The Bertz CT molecular complexity index is 3890. The lowest BCUT2D eigenvalue weighted by Gasteiger charge is -2.30. The molecule has 5 heterocycles. The summed E-state index contributed by atoms with van der Waals surface area (Å²) in [4.78, 5) is 180. The molecule has 3 aromatic carbocycles. The molecule has 104 heavy (non-hydrogen) atoms. The van der Waals surface area contributed by atoms with Crippen molar-refractivity contribution in [2.75, 3.05) is 26.2 Å². The number of H-pyrrole nitrogens is 2. The van der Waals surface area contributed by atoms with Gasteiger partial charge >= 0.3 is 0 Å². The molecule has 6 aromatic rings. The minimum atomic E-state index is -1.79. The Labute approximate surface area is 599 Å². The summed E-state index contributed by atoms with van der Waals surface area (Å²) < 4.78 is 1.78. The number of aromatic amines is 2. The average Bonchev–Trinajstić information content (AvgIpc) is 1.62. The van der Waals surface area contributed by atoms with Crippen LogP contribution in [0, 0.1) is 5.92 Å². The second kappa shape index (κ2) is 40.7. The van der Waals surface area contributed by atoms with E-state index in [1.165, 1.54) is 41.7 Å². The molecule has 19 N–H and O–H groups in total. The lowest BCUT2D eigenvalue weighted by atomic mass is 10.0. The Hall–Kier alpha value is -11.7. The van der Waals surface area contributed by atoms with Gasteiger partial charge in [-0.2, -0.15) is 0 Å². The van der Waals surface area contributed by atoms with Crippen LogP contribution >= 0.6 is 0 Å². The number of aliphatic hydroxyl groups excluding tert-OH is 1.